The van der Waals surface area contributed by atoms with Crippen molar-refractivity contribution in [2.24, 2.45) is 5.92 Å². The van der Waals surface area contributed by atoms with Gasteiger partial charge in [0, 0.05) is 20.1 Å². The number of carbonyl (C=O) groups excluding carboxylic acids is 1. The summed E-state index contributed by atoms with van der Waals surface area (Å²) in [6, 6.07) is 6.21. The van der Waals surface area contributed by atoms with E-state index in [2.05, 4.69) is 52.2 Å². The maximum atomic E-state index is 12.4. The second kappa shape index (κ2) is 7.91. The molecule has 24 heavy (non-hydrogen) atoms. The van der Waals surface area contributed by atoms with Gasteiger partial charge in [0.2, 0.25) is 5.91 Å². The van der Waals surface area contributed by atoms with E-state index in [1.807, 2.05) is 22.2 Å². The summed E-state index contributed by atoms with van der Waals surface area (Å²) in [6.45, 7) is 4.25. The van der Waals surface area contributed by atoms with Gasteiger partial charge < -0.3 is 5.32 Å². The van der Waals surface area contributed by atoms with E-state index in [9.17, 15) is 4.79 Å². The molecule has 1 N–H and O–H groups in total. The Kier molecular flexibility index (Phi) is 5.86. The summed E-state index contributed by atoms with van der Waals surface area (Å²) in [5.74, 6) is 0.369. The Morgan fingerprint density at radius 2 is 2.12 bits per heavy atom. The zero-order chi connectivity index (χ0) is 17.1. The number of aromatic nitrogens is 1. The minimum absolute atomic E-state index is 0.0197. The average Bonchev–Trinajstić information content (AvgIpc) is 3.25. The number of nitrogens with zero attached hydrogens (tertiary/aromatic N) is 1. The monoisotopic (exact) mass is 440 g/mol. The lowest BCUT2D eigenvalue weighted by Gasteiger charge is -2.21. The van der Waals surface area contributed by atoms with E-state index < -0.39 is 0 Å². The fraction of sp³-hybridized carbons (Fsp3) is 0.294. The van der Waals surface area contributed by atoms with E-state index in [1.165, 1.54) is 4.88 Å². The molecule has 3 aromatic rings. The first-order chi connectivity index (χ1) is 11.5. The maximum Gasteiger partial charge on any atom is 0.226 e. The number of thiophene rings is 2. The van der Waals surface area contributed by atoms with E-state index >= 15 is 0 Å². The molecule has 1 unspecified atom stereocenters. The Balaban J connectivity index is 1.65. The van der Waals surface area contributed by atoms with Gasteiger partial charge in [0.1, 0.15) is 5.01 Å². The van der Waals surface area contributed by atoms with Gasteiger partial charge >= 0.3 is 0 Å². The first-order valence-corrected chi connectivity index (χ1v) is 11.0. The highest BCUT2D eigenvalue weighted by Crippen LogP contribution is 2.32. The highest BCUT2D eigenvalue weighted by atomic mass is 79.9. The van der Waals surface area contributed by atoms with Crippen LogP contribution in [0.3, 0.4) is 0 Å². The molecule has 7 heteroatoms. The fourth-order valence-electron chi connectivity index (χ4n) is 2.35. The van der Waals surface area contributed by atoms with Crippen molar-refractivity contribution in [3.8, 4) is 9.88 Å². The molecule has 1 amide bonds. The highest BCUT2D eigenvalue weighted by Gasteiger charge is 2.20. The van der Waals surface area contributed by atoms with Crippen LogP contribution in [-0.2, 0) is 11.2 Å². The summed E-state index contributed by atoms with van der Waals surface area (Å²) in [4.78, 5) is 19.3. The zero-order valence-corrected chi connectivity index (χ0v) is 17.3. The van der Waals surface area contributed by atoms with Crippen molar-refractivity contribution in [3.05, 3.63) is 49.4 Å². The SMILES string of the molecule is CC(C)C(NC(=O)Cc1csc(-c2cc(Br)cs2)n1)c1cccs1. The summed E-state index contributed by atoms with van der Waals surface area (Å²) in [7, 11) is 0. The second-order valence-corrected chi connectivity index (χ2v) is 9.42. The van der Waals surface area contributed by atoms with Gasteiger partial charge in [-0.1, -0.05) is 19.9 Å². The van der Waals surface area contributed by atoms with E-state index in [0.29, 0.717) is 12.3 Å². The van der Waals surface area contributed by atoms with Crippen molar-refractivity contribution >= 4 is 55.8 Å². The van der Waals surface area contributed by atoms with Crippen LogP contribution < -0.4 is 5.32 Å². The molecule has 126 valence electrons. The molecule has 0 aliphatic heterocycles. The highest BCUT2D eigenvalue weighted by molar-refractivity contribution is 9.10. The third-order valence-corrected chi connectivity index (χ3v) is 7.21. The largest absolute Gasteiger partial charge is 0.348 e. The number of halogens is 1. The van der Waals surface area contributed by atoms with Gasteiger partial charge in [0.05, 0.1) is 23.0 Å². The van der Waals surface area contributed by atoms with Crippen molar-refractivity contribution in [1.82, 2.24) is 10.3 Å². The Hall–Kier alpha value is -1.02. The van der Waals surface area contributed by atoms with Crippen LogP contribution in [0.25, 0.3) is 9.88 Å². The van der Waals surface area contributed by atoms with Crippen molar-refractivity contribution in [2.45, 2.75) is 26.3 Å². The molecule has 0 aliphatic rings. The number of hydrogen-bond acceptors (Lipinski definition) is 5. The van der Waals surface area contributed by atoms with Crippen LogP contribution in [0.2, 0.25) is 0 Å². The summed E-state index contributed by atoms with van der Waals surface area (Å²) in [5, 5.41) is 10.2. The third-order valence-electron chi connectivity index (χ3n) is 3.50. The molecule has 0 radical (unpaired) electrons. The van der Waals surface area contributed by atoms with Crippen molar-refractivity contribution < 1.29 is 4.79 Å². The molecule has 3 nitrogen and oxygen atoms in total. The van der Waals surface area contributed by atoms with Crippen molar-refractivity contribution in [3.63, 3.8) is 0 Å². The summed E-state index contributed by atoms with van der Waals surface area (Å²) >= 11 is 8.37. The van der Waals surface area contributed by atoms with E-state index in [0.717, 1.165) is 20.1 Å². The van der Waals surface area contributed by atoms with Crippen molar-refractivity contribution in [2.75, 3.05) is 0 Å². The lowest BCUT2D eigenvalue weighted by molar-refractivity contribution is -0.121. The lowest BCUT2D eigenvalue weighted by Crippen LogP contribution is -2.32. The molecule has 3 heterocycles. The molecular weight excluding hydrogens is 424 g/mol. The minimum Gasteiger partial charge on any atom is -0.348 e. The fourth-order valence-corrected chi connectivity index (χ4v) is 5.63. The average molecular weight is 441 g/mol. The smallest absolute Gasteiger partial charge is 0.226 e. The lowest BCUT2D eigenvalue weighted by atomic mass is 10.0. The second-order valence-electron chi connectivity index (χ2n) is 5.75. The number of rotatable bonds is 6. The molecule has 0 bridgehead atoms. The van der Waals surface area contributed by atoms with E-state index in [4.69, 9.17) is 0 Å². The standard InChI is InChI=1S/C17H17BrN2OS3/c1-10(2)16(13-4-3-5-22-13)20-15(21)7-12-9-24-17(19-12)14-6-11(18)8-23-14/h3-6,8-10,16H,7H2,1-2H3,(H,20,21). The molecule has 0 spiro atoms. The molecule has 3 rings (SSSR count). The van der Waals surface area contributed by atoms with Crippen LogP contribution in [0.1, 0.15) is 30.5 Å². The predicted octanol–water partition coefficient (Wildman–Crippen LogP) is 5.75. The quantitative estimate of drug-likeness (QED) is 0.529. The van der Waals surface area contributed by atoms with Gasteiger partial charge in [-0.3, -0.25) is 4.79 Å². The molecule has 1 atom stereocenters. The molecule has 0 aromatic carbocycles. The normalized spacial score (nSPS) is 12.5. The third kappa shape index (κ3) is 4.33. The maximum absolute atomic E-state index is 12.4. The molecule has 3 aromatic heterocycles. The van der Waals surface area contributed by atoms with Crippen LogP contribution in [0.15, 0.2) is 38.8 Å². The Labute approximate surface area is 161 Å². The molecule has 0 aliphatic carbocycles. The molecule has 0 saturated heterocycles. The number of nitrogens with one attached hydrogen (secondary N) is 1. The van der Waals surface area contributed by atoms with E-state index in [-0.39, 0.29) is 11.9 Å². The first kappa shape index (κ1) is 17.8. The first-order valence-electron chi connectivity index (χ1n) is 7.54. The Morgan fingerprint density at radius 3 is 2.75 bits per heavy atom. The number of carbonyl (C=O) groups is 1. The summed E-state index contributed by atoms with van der Waals surface area (Å²) in [6.07, 6.45) is 0.317. The Bertz CT molecular complexity index is 808. The van der Waals surface area contributed by atoms with Crippen molar-refractivity contribution in [1.29, 1.82) is 0 Å². The van der Waals surface area contributed by atoms with Crippen LogP contribution in [-0.4, -0.2) is 10.9 Å². The predicted molar refractivity (Wildman–Crippen MR) is 107 cm³/mol. The van der Waals surface area contributed by atoms with Gasteiger partial charge in [-0.25, -0.2) is 4.98 Å². The van der Waals surface area contributed by atoms with Gasteiger partial charge in [0.15, 0.2) is 0 Å². The molecule has 0 saturated carbocycles. The molecule has 0 fully saturated rings. The summed E-state index contributed by atoms with van der Waals surface area (Å²) in [5.41, 5.74) is 0.825. The molecular formula is C17H17BrN2OS3. The van der Waals surface area contributed by atoms with Crippen LogP contribution in [0, 0.1) is 5.92 Å². The minimum atomic E-state index is 0.0197. The summed E-state index contributed by atoms with van der Waals surface area (Å²) < 4.78 is 1.06. The van der Waals surface area contributed by atoms with Gasteiger partial charge in [0.25, 0.3) is 0 Å². The number of amides is 1. The van der Waals surface area contributed by atoms with Gasteiger partial charge in [-0.15, -0.1) is 34.0 Å². The van der Waals surface area contributed by atoms with Crippen LogP contribution in [0.4, 0.5) is 0 Å². The Morgan fingerprint density at radius 1 is 1.29 bits per heavy atom. The number of hydrogen-bond donors (Lipinski definition) is 1. The van der Waals surface area contributed by atoms with Gasteiger partial charge in [-0.2, -0.15) is 0 Å². The van der Waals surface area contributed by atoms with E-state index in [1.54, 1.807) is 34.0 Å². The van der Waals surface area contributed by atoms with Crippen LogP contribution in [0.5, 0.6) is 0 Å². The zero-order valence-electron chi connectivity index (χ0n) is 13.3. The topological polar surface area (TPSA) is 42.0 Å². The number of thiazole rings is 1. The van der Waals surface area contributed by atoms with Crippen LogP contribution >= 0.6 is 49.9 Å². The van der Waals surface area contributed by atoms with Gasteiger partial charge in [-0.05, 0) is 39.4 Å².